The number of carbonyl (C=O) groups excluding carboxylic acids is 1. The van der Waals surface area contributed by atoms with E-state index in [2.05, 4.69) is 6.07 Å². The van der Waals surface area contributed by atoms with Crippen molar-refractivity contribution in [2.75, 3.05) is 13.7 Å². The van der Waals surface area contributed by atoms with Gasteiger partial charge in [0, 0.05) is 27.6 Å². The fourth-order valence-corrected chi connectivity index (χ4v) is 4.69. The second-order valence-corrected chi connectivity index (χ2v) is 8.99. The molecule has 38 heavy (non-hydrogen) atoms. The lowest BCUT2D eigenvalue weighted by molar-refractivity contribution is 0.0702. The summed E-state index contributed by atoms with van der Waals surface area (Å²) in [5.41, 5.74) is 8.99. The summed E-state index contributed by atoms with van der Waals surface area (Å²) in [6.45, 7) is 4.13. The molecule has 0 saturated carbocycles. The van der Waals surface area contributed by atoms with Gasteiger partial charge in [-0.05, 0) is 55.8 Å². The molecule has 0 fully saturated rings. The molecule has 1 aromatic heterocycles. The lowest BCUT2D eigenvalue weighted by atomic mass is 9.83. The first kappa shape index (κ1) is 25.1. The molecule has 4 aromatic rings. The molecule has 1 aliphatic rings. The molecular weight excluding hydrogens is 508 g/mol. The number of nitrogens with two attached hydrogens (primary N) is 1. The predicted molar refractivity (Wildman–Crippen MR) is 141 cm³/mol. The van der Waals surface area contributed by atoms with Crippen molar-refractivity contribution < 1.29 is 28.2 Å². The largest absolute Gasteiger partial charge is 0.493 e. The van der Waals surface area contributed by atoms with Gasteiger partial charge >= 0.3 is 5.97 Å². The normalized spacial score (nSPS) is 14.4. The lowest BCUT2D eigenvalue weighted by Gasteiger charge is -2.27. The Kier molecular flexibility index (Phi) is 6.62. The van der Waals surface area contributed by atoms with Crippen LogP contribution in [0.4, 0.5) is 0 Å². The fourth-order valence-electron chi connectivity index (χ4n) is 4.52. The Hall–Kier alpha value is -4.61. The lowest BCUT2D eigenvalue weighted by Crippen LogP contribution is -2.21. The second-order valence-electron chi connectivity index (χ2n) is 8.55. The van der Waals surface area contributed by atoms with Crippen LogP contribution in [0.25, 0.3) is 11.0 Å². The van der Waals surface area contributed by atoms with Gasteiger partial charge in [0.25, 0.3) is 0 Å². The van der Waals surface area contributed by atoms with E-state index in [1.807, 2.05) is 13.0 Å². The molecule has 5 rings (SSSR count). The number of hydrogen-bond acceptors (Lipinski definition) is 8. The van der Waals surface area contributed by atoms with Crippen molar-refractivity contribution in [3.63, 3.8) is 0 Å². The summed E-state index contributed by atoms with van der Waals surface area (Å²) >= 11 is 6.08. The Balaban J connectivity index is 1.49. The van der Waals surface area contributed by atoms with Gasteiger partial charge in [0.1, 0.15) is 28.7 Å². The van der Waals surface area contributed by atoms with Gasteiger partial charge in [-0.3, -0.25) is 0 Å². The number of furan rings is 1. The van der Waals surface area contributed by atoms with Crippen molar-refractivity contribution in [2.45, 2.75) is 19.8 Å². The number of esters is 1. The molecular formula is C29H23ClN2O6. The SMILES string of the molecule is CCOc1ccc(C2C(C#N)=C(N)Oc3cc(OC(=O)c4oc5ccc(Cl)cc5c4C)ccc32)cc1OC. The smallest absolute Gasteiger partial charge is 0.379 e. The molecule has 1 unspecified atom stereocenters. The first-order chi connectivity index (χ1) is 18.3. The average molecular weight is 531 g/mol. The number of methoxy groups -OCH3 is 1. The highest BCUT2D eigenvalue weighted by atomic mass is 35.5. The van der Waals surface area contributed by atoms with E-state index in [-0.39, 0.29) is 23.0 Å². The highest BCUT2D eigenvalue weighted by Crippen LogP contribution is 2.45. The van der Waals surface area contributed by atoms with Crippen LogP contribution in [0.1, 0.15) is 40.1 Å². The van der Waals surface area contributed by atoms with Crippen LogP contribution in [-0.4, -0.2) is 19.7 Å². The van der Waals surface area contributed by atoms with Crippen molar-refractivity contribution in [2.24, 2.45) is 5.73 Å². The van der Waals surface area contributed by atoms with E-state index in [0.717, 1.165) is 10.9 Å². The highest BCUT2D eigenvalue weighted by molar-refractivity contribution is 6.31. The monoisotopic (exact) mass is 530 g/mol. The van der Waals surface area contributed by atoms with E-state index in [4.69, 9.17) is 40.7 Å². The molecule has 2 heterocycles. The van der Waals surface area contributed by atoms with Crippen LogP contribution >= 0.6 is 11.6 Å². The summed E-state index contributed by atoms with van der Waals surface area (Å²) in [6.07, 6.45) is 0. The minimum Gasteiger partial charge on any atom is -0.493 e. The van der Waals surface area contributed by atoms with Gasteiger partial charge in [-0.15, -0.1) is 0 Å². The molecule has 0 aliphatic carbocycles. The number of aryl methyl sites for hydroxylation is 1. The Morgan fingerprint density at radius 1 is 1.13 bits per heavy atom. The molecule has 8 nitrogen and oxygen atoms in total. The van der Waals surface area contributed by atoms with Crippen molar-refractivity contribution in [3.05, 3.63) is 93.5 Å². The minimum absolute atomic E-state index is 0.0358. The Morgan fingerprint density at radius 2 is 1.95 bits per heavy atom. The van der Waals surface area contributed by atoms with Crippen LogP contribution in [0.3, 0.4) is 0 Å². The van der Waals surface area contributed by atoms with E-state index in [0.29, 0.717) is 45.6 Å². The summed E-state index contributed by atoms with van der Waals surface area (Å²) in [5.74, 6) is 0.548. The molecule has 0 bridgehead atoms. The van der Waals surface area contributed by atoms with Gasteiger partial charge in [-0.2, -0.15) is 5.26 Å². The molecule has 3 aromatic carbocycles. The minimum atomic E-state index is -0.667. The molecule has 0 spiro atoms. The Labute approximate surface area is 223 Å². The van der Waals surface area contributed by atoms with E-state index in [1.54, 1.807) is 62.6 Å². The zero-order valence-electron chi connectivity index (χ0n) is 20.8. The van der Waals surface area contributed by atoms with Crippen molar-refractivity contribution in [1.82, 2.24) is 0 Å². The van der Waals surface area contributed by atoms with Gasteiger partial charge in [-0.25, -0.2) is 4.79 Å². The van der Waals surface area contributed by atoms with Crippen molar-refractivity contribution in [3.8, 4) is 29.1 Å². The maximum atomic E-state index is 13.0. The first-order valence-electron chi connectivity index (χ1n) is 11.8. The number of fused-ring (bicyclic) bond motifs is 2. The first-order valence-corrected chi connectivity index (χ1v) is 12.2. The number of nitriles is 1. The van der Waals surface area contributed by atoms with Gasteiger partial charge in [0.2, 0.25) is 11.6 Å². The third-order valence-electron chi connectivity index (χ3n) is 6.31. The zero-order chi connectivity index (χ0) is 27.0. The summed E-state index contributed by atoms with van der Waals surface area (Å²) < 4.78 is 28.2. The van der Waals surface area contributed by atoms with E-state index < -0.39 is 11.9 Å². The quantitative estimate of drug-likeness (QED) is 0.230. The van der Waals surface area contributed by atoms with Crippen LogP contribution < -0.4 is 24.7 Å². The van der Waals surface area contributed by atoms with Crippen LogP contribution in [0.15, 0.2) is 70.5 Å². The summed E-state index contributed by atoms with van der Waals surface area (Å²) in [6, 6.07) is 17.7. The maximum Gasteiger partial charge on any atom is 0.379 e. The van der Waals surface area contributed by atoms with E-state index >= 15 is 0 Å². The number of rotatable bonds is 6. The van der Waals surface area contributed by atoms with Gasteiger partial charge < -0.3 is 29.1 Å². The number of hydrogen-bond donors (Lipinski definition) is 1. The van der Waals surface area contributed by atoms with Crippen molar-refractivity contribution in [1.29, 1.82) is 5.26 Å². The number of carbonyl (C=O) groups is 1. The Bertz CT molecular complexity index is 1650. The summed E-state index contributed by atoms with van der Waals surface area (Å²) in [4.78, 5) is 13.0. The number of benzene rings is 3. The number of ether oxygens (including phenoxy) is 4. The fraction of sp³-hybridized carbons (Fsp3) is 0.172. The Morgan fingerprint density at radius 3 is 2.68 bits per heavy atom. The number of nitrogens with zero attached hydrogens (tertiary/aromatic N) is 1. The highest BCUT2D eigenvalue weighted by Gasteiger charge is 2.32. The third kappa shape index (κ3) is 4.38. The van der Waals surface area contributed by atoms with E-state index in [9.17, 15) is 10.1 Å². The third-order valence-corrected chi connectivity index (χ3v) is 6.54. The van der Waals surface area contributed by atoms with Crippen LogP contribution in [-0.2, 0) is 0 Å². The molecule has 9 heteroatoms. The van der Waals surface area contributed by atoms with Crippen LogP contribution in [0.5, 0.6) is 23.0 Å². The van der Waals surface area contributed by atoms with E-state index in [1.165, 1.54) is 0 Å². The second kappa shape index (κ2) is 10.0. The molecule has 1 aliphatic heterocycles. The molecule has 2 N–H and O–H groups in total. The topological polar surface area (TPSA) is 117 Å². The molecule has 0 saturated heterocycles. The predicted octanol–water partition coefficient (Wildman–Crippen LogP) is 6.24. The summed E-state index contributed by atoms with van der Waals surface area (Å²) in [7, 11) is 1.55. The molecule has 192 valence electrons. The van der Waals surface area contributed by atoms with Crippen molar-refractivity contribution >= 4 is 28.5 Å². The molecule has 0 radical (unpaired) electrons. The zero-order valence-corrected chi connectivity index (χ0v) is 21.6. The van der Waals surface area contributed by atoms with Gasteiger partial charge in [0.15, 0.2) is 11.5 Å². The average Bonchev–Trinajstić information content (AvgIpc) is 3.24. The number of allylic oxidation sites excluding steroid dienone is 1. The maximum absolute atomic E-state index is 13.0. The standard InChI is InChI=1S/C29H23ClN2O6/c1-4-35-23-9-5-16(11-25(23)34-3)26-19-8-7-18(13-24(19)38-28(32)21(26)14-31)36-29(33)27-15(2)20-12-17(30)6-10-22(20)37-27/h5-13,26H,4,32H2,1-3H3. The molecule has 0 amide bonds. The van der Waals surface area contributed by atoms with Crippen LogP contribution in [0, 0.1) is 18.3 Å². The number of halogens is 1. The summed E-state index contributed by atoms with van der Waals surface area (Å²) in [5, 5.41) is 11.1. The van der Waals surface area contributed by atoms with Gasteiger partial charge in [-0.1, -0.05) is 23.7 Å². The molecule has 1 atom stereocenters. The van der Waals surface area contributed by atoms with Gasteiger partial charge in [0.05, 0.1) is 19.6 Å². The van der Waals surface area contributed by atoms with Crippen LogP contribution in [0.2, 0.25) is 5.02 Å².